The lowest BCUT2D eigenvalue weighted by Crippen LogP contribution is -2.21. The van der Waals surface area contributed by atoms with Crippen LogP contribution in [0.25, 0.3) is 5.57 Å². The Balaban J connectivity index is 1.75. The first-order valence-electron chi connectivity index (χ1n) is 9.06. The van der Waals surface area contributed by atoms with Gasteiger partial charge in [0.2, 0.25) is 0 Å². The summed E-state index contributed by atoms with van der Waals surface area (Å²) in [6.07, 6.45) is 4.09. The van der Waals surface area contributed by atoms with Crippen molar-refractivity contribution in [1.82, 2.24) is 4.90 Å². The molecule has 0 saturated carbocycles. The molecule has 1 N–H and O–H groups in total. The SMILES string of the molecule is CN(CCC=C1c2ccccc2COc2ccccc21)CCCC(=O)O. The van der Waals surface area contributed by atoms with Crippen LogP contribution >= 0.6 is 0 Å². The second kappa shape index (κ2) is 8.68. The molecule has 0 aliphatic carbocycles. The van der Waals surface area contributed by atoms with Crippen LogP contribution in [0.4, 0.5) is 0 Å². The van der Waals surface area contributed by atoms with E-state index in [0.717, 1.165) is 30.8 Å². The highest BCUT2D eigenvalue weighted by atomic mass is 16.5. The van der Waals surface area contributed by atoms with Crippen LogP contribution in [0.2, 0.25) is 0 Å². The van der Waals surface area contributed by atoms with Crippen LogP contribution in [-0.4, -0.2) is 36.1 Å². The van der Waals surface area contributed by atoms with E-state index in [1.54, 1.807) is 0 Å². The maximum Gasteiger partial charge on any atom is 0.303 e. The van der Waals surface area contributed by atoms with E-state index in [1.165, 1.54) is 16.7 Å². The molecule has 0 aromatic heterocycles. The van der Waals surface area contributed by atoms with E-state index >= 15 is 0 Å². The molecular formula is C22H25NO3. The van der Waals surface area contributed by atoms with Gasteiger partial charge < -0.3 is 14.7 Å². The maximum atomic E-state index is 10.6. The van der Waals surface area contributed by atoms with E-state index in [0.29, 0.717) is 13.0 Å². The van der Waals surface area contributed by atoms with Gasteiger partial charge in [-0.3, -0.25) is 4.79 Å². The van der Waals surface area contributed by atoms with Crippen molar-refractivity contribution in [2.45, 2.75) is 25.9 Å². The quantitative estimate of drug-likeness (QED) is 0.812. The first-order valence-corrected chi connectivity index (χ1v) is 9.06. The molecule has 0 atom stereocenters. The van der Waals surface area contributed by atoms with Crippen molar-refractivity contribution >= 4 is 11.5 Å². The molecule has 1 heterocycles. The average Bonchev–Trinajstić information content (AvgIpc) is 2.79. The Hall–Kier alpha value is -2.59. The van der Waals surface area contributed by atoms with Crippen LogP contribution in [0.3, 0.4) is 0 Å². The summed E-state index contributed by atoms with van der Waals surface area (Å²) < 4.78 is 6.00. The first kappa shape index (κ1) is 18.2. The molecule has 2 aromatic rings. The van der Waals surface area contributed by atoms with Crippen molar-refractivity contribution in [1.29, 1.82) is 0 Å². The Bertz CT molecular complexity index is 748. The van der Waals surface area contributed by atoms with E-state index in [9.17, 15) is 4.79 Å². The van der Waals surface area contributed by atoms with Gasteiger partial charge in [0.25, 0.3) is 0 Å². The van der Waals surface area contributed by atoms with E-state index in [-0.39, 0.29) is 6.42 Å². The summed E-state index contributed by atoms with van der Waals surface area (Å²) in [6.45, 7) is 2.28. The number of fused-ring (bicyclic) bond motifs is 2. The van der Waals surface area contributed by atoms with Gasteiger partial charge in [-0.1, -0.05) is 48.5 Å². The minimum Gasteiger partial charge on any atom is -0.488 e. The number of rotatable bonds is 7. The van der Waals surface area contributed by atoms with Crippen LogP contribution in [0, 0.1) is 0 Å². The maximum absolute atomic E-state index is 10.6. The molecule has 0 amide bonds. The van der Waals surface area contributed by atoms with Crippen molar-refractivity contribution < 1.29 is 14.6 Å². The van der Waals surface area contributed by atoms with E-state index < -0.39 is 5.97 Å². The van der Waals surface area contributed by atoms with Crippen LogP contribution < -0.4 is 4.74 Å². The third-order valence-corrected chi connectivity index (χ3v) is 4.66. The largest absolute Gasteiger partial charge is 0.488 e. The van der Waals surface area contributed by atoms with Gasteiger partial charge in [-0.25, -0.2) is 0 Å². The fourth-order valence-electron chi connectivity index (χ4n) is 3.29. The summed E-state index contributed by atoms with van der Waals surface area (Å²) in [5.41, 5.74) is 4.77. The zero-order valence-electron chi connectivity index (χ0n) is 15.1. The normalized spacial score (nSPS) is 14.5. The molecule has 0 radical (unpaired) electrons. The topological polar surface area (TPSA) is 49.8 Å². The summed E-state index contributed by atoms with van der Waals surface area (Å²) >= 11 is 0. The molecular weight excluding hydrogens is 326 g/mol. The molecule has 2 aromatic carbocycles. The van der Waals surface area contributed by atoms with Crippen molar-refractivity contribution in [2.24, 2.45) is 0 Å². The zero-order valence-corrected chi connectivity index (χ0v) is 15.1. The molecule has 3 rings (SSSR count). The van der Waals surface area contributed by atoms with Gasteiger partial charge in [0, 0.05) is 18.5 Å². The number of carbonyl (C=O) groups is 1. The van der Waals surface area contributed by atoms with E-state index in [1.807, 2.05) is 31.3 Å². The molecule has 1 aliphatic rings. The summed E-state index contributed by atoms with van der Waals surface area (Å²) in [5.74, 6) is 0.192. The summed E-state index contributed by atoms with van der Waals surface area (Å²) in [7, 11) is 2.04. The molecule has 0 spiro atoms. The van der Waals surface area contributed by atoms with Crippen LogP contribution in [-0.2, 0) is 11.4 Å². The monoisotopic (exact) mass is 351 g/mol. The van der Waals surface area contributed by atoms with Gasteiger partial charge in [0.05, 0.1) is 0 Å². The van der Waals surface area contributed by atoms with Gasteiger partial charge in [0.1, 0.15) is 12.4 Å². The number of ether oxygens (including phenoxy) is 1. The lowest BCUT2D eigenvalue weighted by atomic mass is 9.93. The Morgan fingerprint density at radius 3 is 2.65 bits per heavy atom. The lowest BCUT2D eigenvalue weighted by molar-refractivity contribution is -0.137. The van der Waals surface area contributed by atoms with Crippen molar-refractivity contribution in [3.05, 3.63) is 71.3 Å². The standard InChI is InChI=1S/C22H25NO3/c1-23(15-7-13-22(24)25)14-6-11-19-18-9-3-2-8-17(18)16-26-21-12-5-4-10-20(19)21/h2-5,8-12H,6-7,13-16H2,1H3,(H,24,25). The number of hydrogen-bond donors (Lipinski definition) is 1. The average molecular weight is 351 g/mol. The van der Waals surface area contributed by atoms with Gasteiger partial charge in [-0.05, 0) is 49.2 Å². The van der Waals surface area contributed by atoms with Gasteiger partial charge in [-0.15, -0.1) is 0 Å². The Kier molecular flexibility index (Phi) is 6.08. The number of aliphatic carboxylic acids is 1. The Labute approximate surface area is 154 Å². The first-order chi connectivity index (χ1) is 12.6. The predicted octanol–water partition coefficient (Wildman–Crippen LogP) is 4.20. The highest BCUT2D eigenvalue weighted by Crippen LogP contribution is 2.36. The molecule has 26 heavy (non-hydrogen) atoms. The fourth-order valence-corrected chi connectivity index (χ4v) is 3.29. The molecule has 0 saturated heterocycles. The van der Waals surface area contributed by atoms with Crippen molar-refractivity contribution in [2.75, 3.05) is 20.1 Å². The van der Waals surface area contributed by atoms with Crippen LogP contribution in [0.15, 0.2) is 54.6 Å². The Morgan fingerprint density at radius 2 is 1.85 bits per heavy atom. The van der Waals surface area contributed by atoms with Crippen molar-refractivity contribution in [3.63, 3.8) is 0 Å². The third-order valence-electron chi connectivity index (χ3n) is 4.66. The number of carboxylic acid groups (broad SMARTS) is 1. The van der Waals surface area contributed by atoms with Crippen molar-refractivity contribution in [3.8, 4) is 5.75 Å². The molecule has 0 unspecified atom stereocenters. The number of hydrogen-bond acceptors (Lipinski definition) is 3. The highest BCUT2D eigenvalue weighted by Gasteiger charge is 2.18. The van der Waals surface area contributed by atoms with Gasteiger partial charge in [-0.2, -0.15) is 0 Å². The summed E-state index contributed by atoms with van der Waals surface area (Å²) in [5, 5.41) is 8.75. The second-order valence-electron chi connectivity index (χ2n) is 6.65. The summed E-state index contributed by atoms with van der Waals surface area (Å²) in [4.78, 5) is 12.8. The summed E-state index contributed by atoms with van der Waals surface area (Å²) in [6, 6.07) is 16.6. The molecule has 0 bridgehead atoms. The Morgan fingerprint density at radius 1 is 1.12 bits per heavy atom. The number of carboxylic acids is 1. The predicted molar refractivity (Wildman–Crippen MR) is 103 cm³/mol. The second-order valence-corrected chi connectivity index (χ2v) is 6.65. The zero-order chi connectivity index (χ0) is 18.4. The smallest absolute Gasteiger partial charge is 0.303 e. The highest BCUT2D eigenvalue weighted by molar-refractivity contribution is 5.84. The number of para-hydroxylation sites is 1. The van der Waals surface area contributed by atoms with Crippen LogP contribution in [0.1, 0.15) is 36.0 Å². The van der Waals surface area contributed by atoms with Gasteiger partial charge in [0.15, 0.2) is 0 Å². The minimum absolute atomic E-state index is 0.226. The lowest BCUT2D eigenvalue weighted by Gasteiger charge is -2.16. The number of benzene rings is 2. The molecule has 1 aliphatic heterocycles. The fraction of sp³-hybridized carbons (Fsp3) is 0.318. The van der Waals surface area contributed by atoms with Crippen LogP contribution in [0.5, 0.6) is 5.75 Å². The number of nitrogens with zero attached hydrogens (tertiary/aromatic N) is 1. The van der Waals surface area contributed by atoms with E-state index in [4.69, 9.17) is 9.84 Å². The third kappa shape index (κ3) is 4.52. The molecule has 4 heteroatoms. The minimum atomic E-state index is -0.729. The molecule has 0 fully saturated rings. The van der Waals surface area contributed by atoms with Gasteiger partial charge >= 0.3 is 5.97 Å². The molecule has 4 nitrogen and oxygen atoms in total. The molecule has 136 valence electrons. The van der Waals surface area contributed by atoms with E-state index in [2.05, 4.69) is 35.2 Å².